The molecule has 0 radical (unpaired) electrons. The van der Waals surface area contributed by atoms with Crippen LogP contribution in [-0.2, 0) is 16.6 Å². The van der Waals surface area contributed by atoms with Gasteiger partial charge in [0.05, 0.1) is 6.54 Å². The van der Waals surface area contributed by atoms with Crippen LogP contribution in [0.15, 0.2) is 15.4 Å². The fraction of sp³-hybridized carbons (Fsp3) is 0.667. The second-order valence-electron chi connectivity index (χ2n) is 4.52. The van der Waals surface area contributed by atoms with E-state index < -0.39 is 10.0 Å². The first-order valence-electron chi connectivity index (χ1n) is 6.36. The third-order valence-corrected chi connectivity index (χ3v) is 5.16. The molecule has 18 heavy (non-hydrogen) atoms. The lowest BCUT2D eigenvalue weighted by molar-refractivity contribution is 0.453. The molecule has 0 aromatic carbocycles. The minimum atomic E-state index is -3.36. The van der Waals surface area contributed by atoms with Crippen molar-refractivity contribution in [2.45, 2.75) is 38.1 Å². The Morgan fingerprint density at radius 3 is 2.67 bits per heavy atom. The van der Waals surface area contributed by atoms with E-state index in [9.17, 15) is 8.42 Å². The van der Waals surface area contributed by atoms with Gasteiger partial charge in [-0.05, 0) is 26.3 Å². The molecule has 2 rings (SSSR count). The Bertz CT molecular complexity index is 501. The summed E-state index contributed by atoms with van der Waals surface area (Å²) in [5.41, 5.74) is 0. The molecule has 2 heterocycles. The molecular weight excluding hydrogens is 252 g/mol. The quantitative estimate of drug-likeness (QED) is 0.882. The molecule has 1 aromatic heterocycles. The number of furan rings is 1. The van der Waals surface area contributed by atoms with E-state index in [1.54, 1.807) is 17.3 Å². The zero-order valence-electron chi connectivity index (χ0n) is 10.9. The SMILES string of the molecule is CCNCc1cc(S(=O)(=O)N2CCCC2)c(C)o1. The van der Waals surface area contributed by atoms with Gasteiger partial charge >= 0.3 is 0 Å². The second kappa shape index (κ2) is 5.42. The monoisotopic (exact) mass is 272 g/mol. The highest BCUT2D eigenvalue weighted by atomic mass is 32.2. The van der Waals surface area contributed by atoms with Gasteiger partial charge in [-0.25, -0.2) is 8.42 Å². The van der Waals surface area contributed by atoms with E-state index >= 15 is 0 Å². The third kappa shape index (κ3) is 2.60. The fourth-order valence-corrected chi connectivity index (χ4v) is 3.89. The van der Waals surface area contributed by atoms with E-state index in [2.05, 4.69) is 5.32 Å². The average Bonchev–Trinajstić information content (AvgIpc) is 2.95. The number of nitrogens with one attached hydrogen (secondary N) is 1. The van der Waals surface area contributed by atoms with Crippen LogP contribution in [0.2, 0.25) is 0 Å². The topological polar surface area (TPSA) is 62.6 Å². The van der Waals surface area contributed by atoms with Gasteiger partial charge in [-0.1, -0.05) is 6.92 Å². The lowest BCUT2D eigenvalue weighted by Crippen LogP contribution is -2.28. The second-order valence-corrected chi connectivity index (χ2v) is 6.43. The number of hydrogen-bond acceptors (Lipinski definition) is 4. The van der Waals surface area contributed by atoms with Crippen molar-refractivity contribution in [1.29, 1.82) is 0 Å². The number of nitrogens with zero attached hydrogens (tertiary/aromatic N) is 1. The van der Waals surface area contributed by atoms with Crippen LogP contribution in [0, 0.1) is 6.92 Å². The van der Waals surface area contributed by atoms with Gasteiger partial charge in [-0.3, -0.25) is 0 Å². The molecule has 1 aliphatic rings. The fourth-order valence-electron chi connectivity index (χ4n) is 2.18. The maximum absolute atomic E-state index is 12.4. The minimum Gasteiger partial charge on any atom is -0.464 e. The van der Waals surface area contributed by atoms with E-state index in [1.807, 2.05) is 6.92 Å². The maximum atomic E-state index is 12.4. The average molecular weight is 272 g/mol. The zero-order chi connectivity index (χ0) is 13.2. The summed E-state index contributed by atoms with van der Waals surface area (Å²) < 4.78 is 31.8. The van der Waals surface area contributed by atoms with E-state index in [4.69, 9.17) is 4.42 Å². The highest BCUT2D eigenvalue weighted by molar-refractivity contribution is 7.89. The van der Waals surface area contributed by atoms with Crippen molar-refractivity contribution in [2.75, 3.05) is 19.6 Å². The standard InChI is InChI=1S/C12H20N2O3S/c1-3-13-9-11-8-12(10(2)17-11)18(15,16)14-6-4-5-7-14/h8,13H,3-7,9H2,1-2H3. The van der Waals surface area contributed by atoms with Gasteiger partial charge in [0.25, 0.3) is 0 Å². The van der Waals surface area contributed by atoms with Gasteiger partial charge in [-0.2, -0.15) is 4.31 Å². The predicted molar refractivity (Wildman–Crippen MR) is 68.8 cm³/mol. The van der Waals surface area contributed by atoms with Gasteiger partial charge in [0.2, 0.25) is 10.0 Å². The lowest BCUT2D eigenvalue weighted by atomic mass is 10.4. The molecule has 1 aromatic rings. The summed E-state index contributed by atoms with van der Waals surface area (Å²) in [6.07, 6.45) is 1.89. The van der Waals surface area contributed by atoms with E-state index in [-0.39, 0.29) is 0 Å². The molecule has 0 amide bonds. The first kappa shape index (κ1) is 13.6. The molecule has 1 fully saturated rings. The zero-order valence-corrected chi connectivity index (χ0v) is 11.7. The molecule has 0 aliphatic carbocycles. The van der Waals surface area contributed by atoms with E-state index in [0.717, 1.165) is 19.4 Å². The Morgan fingerprint density at radius 1 is 1.39 bits per heavy atom. The number of rotatable bonds is 5. The minimum absolute atomic E-state index is 0.317. The van der Waals surface area contributed by atoms with Gasteiger partial charge in [0.1, 0.15) is 16.4 Å². The Labute approximate surface area is 108 Å². The van der Waals surface area contributed by atoms with Gasteiger partial charge in [-0.15, -0.1) is 0 Å². The summed E-state index contributed by atoms with van der Waals surface area (Å²) in [4.78, 5) is 0.317. The number of aryl methyl sites for hydroxylation is 1. The normalized spacial score (nSPS) is 17.4. The van der Waals surface area contributed by atoms with Crippen molar-refractivity contribution < 1.29 is 12.8 Å². The van der Waals surface area contributed by atoms with Crippen molar-refractivity contribution in [3.05, 3.63) is 17.6 Å². The Balaban J connectivity index is 2.24. The van der Waals surface area contributed by atoms with Crippen molar-refractivity contribution >= 4 is 10.0 Å². The van der Waals surface area contributed by atoms with Crippen molar-refractivity contribution in [2.24, 2.45) is 0 Å². The molecule has 0 atom stereocenters. The first-order chi connectivity index (χ1) is 8.55. The molecular formula is C12H20N2O3S. The van der Waals surface area contributed by atoms with Crippen LogP contribution in [0.4, 0.5) is 0 Å². The summed E-state index contributed by atoms with van der Waals surface area (Å²) in [7, 11) is -3.36. The lowest BCUT2D eigenvalue weighted by Gasteiger charge is -2.14. The third-order valence-electron chi connectivity index (χ3n) is 3.16. The summed E-state index contributed by atoms with van der Waals surface area (Å²) in [6.45, 7) is 6.34. The summed E-state index contributed by atoms with van der Waals surface area (Å²) >= 11 is 0. The highest BCUT2D eigenvalue weighted by Gasteiger charge is 2.30. The largest absolute Gasteiger partial charge is 0.464 e. The van der Waals surface area contributed by atoms with Crippen LogP contribution in [0.3, 0.4) is 0 Å². The smallest absolute Gasteiger partial charge is 0.246 e. The molecule has 0 spiro atoms. The Kier molecular flexibility index (Phi) is 4.09. The molecule has 0 unspecified atom stereocenters. The van der Waals surface area contributed by atoms with Crippen molar-refractivity contribution in [3.63, 3.8) is 0 Å². The number of hydrogen-bond donors (Lipinski definition) is 1. The van der Waals surface area contributed by atoms with Crippen LogP contribution in [0.5, 0.6) is 0 Å². The summed E-state index contributed by atoms with van der Waals surface area (Å²) in [6, 6.07) is 1.64. The molecule has 1 aliphatic heterocycles. The molecule has 5 nitrogen and oxygen atoms in total. The number of sulfonamides is 1. The van der Waals surface area contributed by atoms with Crippen LogP contribution in [0.1, 0.15) is 31.3 Å². The summed E-state index contributed by atoms with van der Waals surface area (Å²) in [5.74, 6) is 1.15. The van der Waals surface area contributed by atoms with Crippen LogP contribution >= 0.6 is 0 Å². The van der Waals surface area contributed by atoms with Crippen LogP contribution in [-0.4, -0.2) is 32.4 Å². The molecule has 0 saturated carbocycles. The highest BCUT2D eigenvalue weighted by Crippen LogP contribution is 2.26. The van der Waals surface area contributed by atoms with E-state index in [1.165, 1.54) is 0 Å². The molecule has 0 bridgehead atoms. The van der Waals surface area contributed by atoms with Crippen molar-refractivity contribution in [1.82, 2.24) is 9.62 Å². The maximum Gasteiger partial charge on any atom is 0.246 e. The van der Waals surface area contributed by atoms with Crippen LogP contribution < -0.4 is 5.32 Å². The predicted octanol–water partition coefficient (Wildman–Crippen LogP) is 1.48. The van der Waals surface area contributed by atoms with Gasteiger partial charge in [0.15, 0.2) is 0 Å². The molecule has 6 heteroatoms. The molecule has 1 N–H and O–H groups in total. The Morgan fingerprint density at radius 2 is 2.06 bits per heavy atom. The van der Waals surface area contributed by atoms with Crippen molar-refractivity contribution in [3.8, 4) is 0 Å². The first-order valence-corrected chi connectivity index (χ1v) is 7.80. The van der Waals surface area contributed by atoms with Gasteiger partial charge < -0.3 is 9.73 Å². The van der Waals surface area contributed by atoms with Gasteiger partial charge in [0, 0.05) is 19.2 Å². The van der Waals surface area contributed by atoms with Crippen LogP contribution in [0.25, 0.3) is 0 Å². The Hall–Kier alpha value is -0.850. The summed E-state index contributed by atoms with van der Waals surface area (Å²) in [5, 5.41) is 3.12. The van der Waals surface area contributed by atoms with E-state index in [0.29, 0.717) is 36.1 Å². The molecule has 1 saturated heterocycles. The molecule has 102 valence electrons.